The number of aliphatic hydroxyl groups excluding tert-OH is 1. The van der Waals surface area contributed by atoms with Gasteiger partial charge in [-0.25, -0.2) is 0 Å². The van der Waals surface area contributed by atoms with Gasteiger partial charge in [-0.1, -0.05) is 6.07 Å². The fourth-order valence-electron chi connectivity index (χ4n) is 2.25. The van der Waals surface area contributed by atoms with E-state index in [-0.39, 0.29) is 0 Å². The van der Waals surface area contributed by atoms with Crippen LogP contribution in [0.2, 0.25) is 0 Å². The first-order valence-electron chi connectivity index (χ1n) is 5.25. The molecule has 0 saturated heterocycles. The van der Waals surface area contributed by atoms with Crippen LogP contribution in [-0.4, -0.2) is 12.2 Å². The lowest BCUT2D eigenvalue weighted by Gasteiger charge is -2.18. The first-order valence-corrected chi connectivity index (χ1v) is 5.25. The minimum absolute atomic E-state index is 0.416. The Hall–Kier alpha value is -0.860. The Kier molecular flexibility index (Phi) is 3.89. The van der Waals surface area contributed by atoms with Crippen molar-refractivity contribution in [1.29, 1.82) is 0 Å². The second-order valence-electron chi connectivity index (χ2n) is 4.14. The van der Waals surface area contributed by atoms with Gasteiger partial charge < -0.3 is 9.84 Å². The Bertz CT molecular complexity index is 354. The largest absolute Gasteiger partial charge is 0.389 e. The highest BCUT2D eigenvalue weighted by molar-refractivity contribution is 5.45. The molecule has 0 fully saturated rings. The maximum atomic E-state index is 9.73. The molecule has 1 aromatic rings. The van der Waals surface area contributed by atoms with Gasteiger partial charge in [0.15, 0.2) is 0 Å². The molecule has 0 aliphatic heterocycles. The molecule has 0 bridgehead atoms. The van der Waals surface area contributed by atoms with Crippen LogP contribution < -0.4 is 0 Å². The summed E-state index contributed by atoms with van der Waals surface area (Å²) in [6.07, 6.45) is -0.416. The molecule has 0 spiro atoms. The molecule has 2 nitrogen and oxygen atoms in total. The zero-order valence-electron chi connectivity index (χ0n) is 10.2. The van der Waals surface area contributed by atoms with Gasteiger partial charge in [0.2, 0.25) is 0 Å². The van der Waals surface area contributed by atoms with Gasteiger partial charge in [0, 0.05) is 7.11 Å². The first kappa shape index (κ1) is 12.2. The lowest BCUT2D eigenvalue weighted by Crippen LogP contribution is -2.05. The predicted molar refractivity (Wildman–Crippen MR) is 62.0 cm³/mol. The molecule has 0 aromatic heterocycles. The molecule has 0 saturated carbocycles. The number of benzene rings is 1. The summed E-state index contributed by atoms with van der Waals surface area (Å²) in [4.78, 5) is 0. The maximum absolute atomic E-state index is 9.73. The van der Waals surface area contributed by atoms with Crippen molar-refractivity contribution in [2.45, 2.75) is 40.4 Å². The topological polar surface area (TPSA) is 29.5 Å². The molecule has 1 rings (SSSR count). The van der Waals surface area contributed by atoms with E-state index < -0.39 is 6.10 Å². The molecule has 1 N–H and O–H groups in total. The summed E-state index contributed by atoms with van der Waals surface area (Å²) in [5.74, 6) is 0. The molecule has 0 aliphatic carbocycles. The van der Waals surface area contributed by atoms with Gasteiger partial charge in [-0.05, 0) is 55.5 Å². The Morgan fingerprint density at radius 3 is 2.33 bits per heavy atom. The highest BCUT2D eigenvalue weighted by Crippen LogP contribution is 2.27. The fourth-order valence-corrected chi connectivity index (χ4v) is 2.25. The zero-order chi connectivity index (χ0) is 11.6. The summed E-state index contributed by atoms with van der Waals surface area (Å²) in [6.45, 7) is 8.59. The van der Waals surface area contributed by atoms with Crippen LogP contribution in [0.25, 0.3) is 0 Å². The third kappa shape index (κ3) is 2.39. The number of ether oxygens (including phenoxy) is 1. The number of aliphatic hydroxyl groups is 1. The molecular formula is C13H20O2. The van der Waals surface area contributed by atoms with E-state index >= 15 is 0 Å². The standard InChI is InChI=1S/C13H20O2/c1-8-6-9(2)13(11(4)14)10(3)12(8)7-15-5/h6,11,14H,7H2,1-5H3. The van der Waals surface area contributed by atoms with E-state index in [1.165, 1.54) is 11.1 Å². The van der Waals surface area contributed by atoms with Crippen LogP contribution in [0.4, 0.5) is 0 Å². The van der Waals surface area contributed by atoms with Crippen LogP contribution in [0, 0.1) is 20.8 Å². The summed E-state index contributed by atoms with van der Waals surface area (Å²) in [6, 6.07) is 2.11. The molecule has 84 valence electrons. The first-order chi connectivity index (χ1) is 6.99. The average molecular weight is 208 g/mol. The monoisotopic (exact) mass is 208 g/mol. The van der Waals surface area contributed by atoms with Crippen molar-refractivity contribution in [2.75, 3.05) is 7.11 Å². The summed E-state index contributed by atoms with van der Waals surface area (Å²) >= 11 is 0. The second-order valence-corrected chi connectivity index (χ2v) is 4.14. The highest BCUT2D eigenvalue weighted by atomic mass is 16.5. The molecule has 15 heavy (non-hydrogen) atoms. The minimum Gasteiger partial charge on any atom is -0.389 e. The van der Waals surface area contributed by atoms with Crippen LogP contribution in [0.15, 0.2) is 6.07 Å². The van der Waals surface area contributed by atoms with Gasteiger partial charge in [0.1, 0.15) is 0 Å². The second kappa shape index (κ2) is 4.77. The maximum Gasteiger partial charge on any atom is 0.0767 e. The van der Waals surface area contributed by atoms with Gasteiger partial charge in [-0.3, -0.25) is 0 Å². The third-order valence-corrected chi connectivity index (χ3v) is 2.90. The molecule has 0 heterocycles. The van der Waals surface area contributed by atoms with Crippen LogP contribution >= 0.6 is 0 Å². The van der Waals surface area contributed by atoms with Crippen LogP contribution in [0.3, 0.4) is 0 Å². The Morgan fingerprint density at radius 1 is 1.27 bits per heavy atom. The predicted octanol–water partition coefficient (Wildman–Crippen LogP) is 2.81. The smallest absolute Gasteiger partial charge is 0.0767 e. The molecule has 2 heteroatoms. The highest BCUT2D eigenvalue weighted by Gasteiger charge is 2.13. The van der Waals surface area contributed by atoms with E-state index in [0.717, 1.165) is 16.7 Å². The van der Waals surface area contributed by atoms with Gasteiger partial charge in [-0.2, -0.15) is 0 Å². The number of rotatable bonds is 3. The van der Waals surface area contributed by atoms with E-state index in [1.54, 1.807) is 14.0 Å². The van der Waals surface area contributed by atoms with Crippen molar-refractivity contribution in [2.24, 2.45) is 0 Å². The van der Waals surface area contributed by atoms with Gasteiger partial charge >= 0.3 is 0 Å². The van der Waals surface area contributed by atoms with Gasteiger partial charge in [-0.15, -0.1) is 0 Å². The third-order valence-electron chi connectivity index (χ3n) is 2.90. The fraction of sp³-hybridized carbons (Fsp3) is 0.538. The summed E-state index contributed by atoms with van der Waals surface area (Å²) in [5, 5.41) is 9.73. The van der Waals surface area contributed by atoms with Crippen molar-refractivity contribution in [3.05, 3.63) is 33.9 Å². The molecule has 1 aromatic carbocycles. The molecule has 1 atom stereocenters. The average Bonchev–Trinajstić information content (AvgIpc) is 2.11. The minimum atomic E-state index is -0.416. The number of methoxy groups -OCH3 is 1. The van der Waals surface area contributed by atoms with Crippen molar-refractivity contribution in [3.63, 3.8) is 0 Å². The van der Waals surface area contributed by atoms with Crippen molar-refractivity contribution < 1.29 is 9.84 Å². The van der Waals surface area contributed by atoms with Crippen LogP contribution in [0.5, 0.6) is 0 Å². The van der Waals surface area contributed by atoms with Crippen LogP contribution in [-0.2, 0) is 11.3 Å². The molecular weight excluding hydrogens is 188 g/mol. The number of hydrogen-bond acceptors (Lipinski definition) is 2. The Morgan fingerprint density at radius 2 is 1.87 bits per heavy atom. The summed E-state index contributed by atoms with van der Waals surface area (Å²) in [5.41, 5.74) is 5.77. The Labute approximate surface area is 91.9 Å². The molecule has 0 aliphatic rings. The van der Waals surface area contributed by atoms with E-state index in [9.17, 15) is 5.11 Å². The number of hydrogen-bond donors (Lipinski definition) is 1. The van der Waals surface area contributed by atoms with Crippen molar-refractivity contribution in [3.8, 4) is 0 Å². The van der Waals surface area contributed by atoms with Gasteiger partial charge in [0.05, 0.1) is 12.7 Å². The van der Waals surface area contributed by atoms with E-state index in [2.05, 4.69) is 19.9 Å². The summed E-state index contributed by atoms with van der Waals surface area (Å²) < 4.78 is 5.18. The van der Waals surface area contributed by atoms with E-state index in [4.69, 9.17) is 4.74 Å². The zero-order valence-corrected chi connectivity index (χ0v) is 10.2. The lowest BCUT2D eigenvalue weighted by molar-refractivity contribution is 0.181. The van der Waals surface area contributed by atoms with Gasteiger partial charge in [0.25, 0.3) is 0 Å². The normalized spacial score (nSPS) is 12.9. The lowest BCUT2D eigenvalue weighted by atomic mass is 9.91. The number of aryl methyl sites for hydroxylation is 2. The van der Waals surface area contributed by atoms with E-state index in [1.807, 2.05) is 6.92 Å². The SMILES string of the molecule is COCc1c(C)cc(C)c(C(C)O)c1C. The molecule has 0 radical (unpaired) electrons. The molecule has 1 unspecified atom stereocenters. The van der Waals surface area contributed by atoms with Crippen molar-refractivity contribution in [1.82, 2.24) is 0 Å². The summed E-state index contributed by atoms with van der Waals surface area (Å²) in [7, 11) is 1.70. The van der Waals surface area contributed by atoms with Crippen molar-refractivity contribution >= 4 is 0 Å². The van der Waals surface area contributed by atoms with E-state index in [0.29, 0.717) is 6.61 Å². The van der Waals surface area contributed by atoms with Crippen LogP contribution in [0.1, 0.15) is 40.8 Å². The quantitative estimate of drug-likeness (QED) is 0.827. The molecule has 0 amide bonds. The Balaban J connectivity index is 3.35.